The smallest absolute Gasteiger partial charge is 0.0860 e. The fraction of sp³-hybridized carbons (Fsp3) is 0.750. The minimum atomic E-state index is -0.432. The molecule has 1 N–H and O–H groups in total. The fourth-order valence-corrected chi connectivity index (χ4v) is 0.364. The molecule has 60 valence electrons. The van der Waals surface area contributed by atoms with E-state index in [-0.39, 0.29) is 6.61 Å². The fourth-order valence-electron chi connectivity index (χ4n) is 0.364. The van der Waals surface area contributed by atoms with E-state index < -0.39 is 5.60 Å². The Morgan fingerprint density at radius 3 is 2.40 bits per heavy atom. The molecule has 0 bridgehead atoms. The summed E-state index contributed by atoms with van der Waals surface area (Å²) in [5.74, 6) is 0. The molecule has 0 rings (SSSR count). The summed E-state index contributed by atoms with van der Waals surface area (Å²) in [4.78, 5) is 0. The van der Waals surface area contributed by atoms with Crippen LogP contribution >= 0.6 is 0 Å². The molecule has 0 saturated carbocycles. The maximum atomic E-state index is 8.75. The molecule has 0 aliphatic carbocycles. The molecule has 0 amide bonds. The van der Waals surface area contributed by atoms with Crippen molar-refractivity contribution in [3.8, 4) is 0 Å². The lowest BCUT2D eigenvalue weighted by molar-refractivity contribution is -0.0432. The monoisotopic (exact) mass is 144 g/mol. The number of aliphatic hydroxyl groups is 1. The molecule has 2 nitrogen and oxygen atoms in total. The van der Waals surface area contributed by atoms with Crippen molar-refractivity contribution in [2.75, 3.05) is 13.2 Å². The Morgan fingerprint density at radius 1 is 1.60 bits per heavy atom. The topological polar surface area (TPSA) is 29.5 Å². The summed E-state index contributed by atoms with van der Waals surface area (Å²) in [5.41, 5.74) is 0.542. The number of hydrogen-bond donors (Lipinski definition) is 1. The Morgan fingerprint density at radius 2 is 2.10 bits per heavy atom. The van der Waals surface area contributed by atoms with Crippen molar-refractivity contribution in [1.29, 1.82) is 0 Å². The highest BCUT2D eigenvalue weighted by Gasteiger charge is 2.15. The molecule has 2 heteroatoms. The summed E-state index contributed by atoms with van der Waals surface area (Å²) in [6, 6.07) is 0. The van der Waals surface area contributed by atoms with Crippen LogP contribution in [0.3, 0.4) is 0 Å². The molecule has 0 unspecified atom stereocenters. The van der Waals surface area contributed by atoms with Crippen LogP contribution in [0.15, 0.2) is 12.2 Å². The largest absolute Gasteiger partial charge is 0.393 e. The van der Waals surface area contributed by atoms with Gasteiger partial charge in [0.05, 0.1) is 18.8 Å². The summed E-state index contributed by atoms with van der Waals surface area (Å²) >= 11 is 0. The molecular formula is C8H16O2. The highest BCUT2D eigenvalue weighted by molar-refractivity contribution is 4.88. The molecule has 0 heterocycles. The Labute approximate surface area is 62.5 Å². The molecule has 0 aliphatic heterocycles. The average Bonchev–Trinajstić information content (AvgIpc) is 1.85. The zero-order valence-corrected chi connectivity index (χ0v) is 6.98. The van der Waals surface area contributed by atoms with E-state index in [0.29, 0.717) is 6.61 Å². The summed E-state index contributed by atoms with van der Waals surface area (Å²) in [6.45, 7) is 9.83. The van der Waals surface area contributed by atoms with Crippen molar-refractivity contribution in [3.63, 3.8) is 0 Å². The summed E-state index contributed by atoms with van der Waals surface area (Å²) in [6.07, 6.45) is 0. The van der Waals surface area contributed by atoms with E-state index in [2.05, 4.69) is 6.58 Å². The van der Waals surface area contributed by atoms with Crippen LogP contribution in [0, 0.1) is 0 Å². The predicted octanol–water partition coefficient (Wildman–Crippen LogP) is 1.35. The van der Waals surface area contributed by atoms with Crippen molar-refractivity contribution in [1.82, 2.24) is 0 Å². The van der Waals surface area contributed by atoms with Crippen LogP contribution in [0.1, 0.15) is 20.8 Å². The molecule has 0 aromatic carbocycles. The zero-order valence-electron chi connectivity index (χ0n) is 6.98. The van der Waals surface area contributed by atoms with E-state index in [9.17, 15) is 0 Å². The summed E-state index contributed by atoms with van der Waals surface area (Å²) in [5, 5.41) is 8.75. The van der Waals surface area contributed by atoms with Gasteiger partial charge in [0.1, 0.15) is 0 Å². The second-order valence-electron chi connectivity index (χ2n) is 3.16. The SMILES string of the molecule is C=C(C)COC(C)(C)CO. The van der Waals surface area contributed by atoms with Crippen LogP contribution in [0.5, 0.6) is 0 Å². The van der Waals surface area contributed by atoms with E-state index in [1.54, 1.807) is 0 Å². The maximum absolute atomic E-state index is 8.75. The third kappa shape index (κ3) is 4.53. The summed E-state index contributed by atoms with van der Waals surface area (Å²) < 4.78 is 5.29. The van der Waals surface area contributed by atoms with Crippen molar-refractivity contribution < 1.29 is 9.84 Å². The highest BCUT2D eigenvalue weighted by atomic mass is 16.5. The van der Waals surface area contributed by atoms with Crippen LogP contribution in [0.4, 0.5) is 0 Å². The Bertz CT molecular complexity index is 116. The van der Waals surface area contributed by atoms with Gasteiger partial charge >= 0.3 is 0 Å². The number of rotatable bonds is 4. The van der Waals surface area contributed by atoms with Crippen molar-refractivity contribution in [2.45, 2.75) is 26.4 Å². The molecule has 0 aromatic heterocycles. The van der Waals surface area contributed by atoms with Gasteiger partial charge in [-0.25, -0.2) is 0 Å². The number of ether oxygens (including phenoxy) is 1. The van der Waals surface area contributed by atoms with E-state index in [1.165, 1.54) is 0 Å². The van der Waals surface area contributed by atoms with E-state index in [1.807, 2.05) is 20.8 Å². The third-order valence-corrected chi connectivity index (χ3v) is 1.09. The van der Waals surface area contributed by atoms with Gasteiger partial charge in [-0.2, -0.15) is 0 Å². The van der Waals surface area contributed by atoms with E-state index >= 15 is 0 Å². The van der Waals surface area contributed by atoms with Gasteiger partial charge in [-0.1, -0.05) is 12.2 Å². The maximum Gasteiger partial charge on any atom is 0.0860 e. The lowest BCUT2D eigenvalue weighted by atomic mass is 10.1. The predicted molar refractivity (Wildman–Crippen MR) is 41.9 cm³/mol. The van der Waals surface area contributed by atoms with Gasteiger partial charge in [0.15, 0.2) is 0 Å². The lowest BCUT2D eigenvalue weighted by Gasteiger charge is -2.22. The average molecular weight is 144 g/mol. The van der Waals surface area contributed by atoms with Crippen LogP contribution in [-0.4, -0.2) is 23.9 Å². The number of hydrogen-bond acceptors (Lipinski definition) is 2. The van der Waals surface area contributed by atoms with Crippen molar-refractivity contribution in [2.24, 2.45) is 0 Å². The van der Waals surface area contributed by atoms with E-state index in [0.717, 1.165) is 5.57 Å². The highest BCUT2D eigenvalue weighted by Crippen LogP contribution is 2.08. The Kier molecular flexibility index (Phi) is 3.61. The molecule has 0 atom stereocenters. The van der Waals surface area contributed by atoms with Crippen molar-refractivity contribution >= 4 is 0 Å². The quantitative estimate of drug-likeness (QED) is 0.603. The van der Waals surface area contributed by atoms with E-state index in [4.69, 9.17) is 9.84 Å². The van der Waals surface area contributed by atoms with Crippen LogP contribution in [0.2, 0.25) is 0 Å². The molecule has 0 radical (unpaired) electrons. The molecule has 0 spiro atoms. The molecule has 10 heavy (non-hydrogen) atoms. The first-order valence-electron chi connectivity index (χ1n) is 3.37. The van der Waals surface area contributed by atoms with Gasteiger partial charge in [0, 0.05) is 0 Å². The normalized spacial score (nSPS) is 11.6. The van der Waals surface area contributed by atoms with Crippen LogP contribution < -0.4 is 0 Å². The molecule has 0 saturated heterocycles. The van der Waals surface area contributed by atoms with Crippen LogP contribution in [0.25, 0.3) is 0 Å². The van der Waals surface area contributed by atoms with Gasteiger partial charge < -0.3 is 9.84 Å². The van der Waals surface area contributed by atoms with Gasteiger partial charge in [-0.05, 0) is 20.8 Å². The Hall–Kier alpha value is -0.340. The molecule has 0 fully saturated rings. The van der Waals surface area contributed by atoms with Gasteiger partial charge in [0.2, 0.25) is 0 Å². The first-order valence-corrected chi connectivity index (χ1v) is 3.37. The minimum Gasteiger partial charge on any atom is -0.393 e. The van der Waals surface area contributed by atoms with Crippen LogP contribution in [-0.2, 0) is 4.74 Å². The minimum absolute atomic E-state index is 0.0419. The number of aliphatic hydroxyl groups excluding tert-OH is 1. The summed E-state index contributed by atoms with van der Waals surface area (Å²) in [7, 11) is 0. The standard InChI is InChI=1S/C8H16O2/c1-7(2)5-10-8(3,4)6-9/h9H,1,5-6H2,2-4H3. The lowest BCUT2D eigenvalue weighted by Crippen LogP contribution is -2.29. The molecular weight excluding hydrogens is 128 g/mol. The first-order chi connectivity index (χ1) is 4.48. The second-order valence-corrected chi connectivity index (χ2v) is 3.16. The Balaban J connectivity index is 3.56. The van der Waals surface area contributed by atoms with Gasteiger partial charge in [-0.15, -0.1) is 0 Å². The second kappa shape index (κ2) is 3.74. The van der Waals surface area contributed by atoms with Gasteiger partial charge in [0.25, 0.3) is 0 Å². The third-order valence-electron chi connectivity index (χ3n) is 1.09. The molecule has 0 aromatic rings. The van der Waals surface area contributed by atoms with Gasteiger partial charge in [-0.3, -0.25) is 0 Å². The first kappa shape index (κ1) is 9.66. The zero-order chi connectivity index (χ0) is 8.20. The molecule has 0 aliphatic rings. The van der Waals surface area contributed by atoms with Crippen molar-refractivity contribution in [3.05, 3.63) is 12.2 Å².